The van der Waals surface area contributed by atoms with Crippen molar-refractivity contribution in [2.45, 2.75) is 37.2 Å². The molecule has 2 rings (SSSR count). The number of alkyl halides is 1. The van der Waals surface area contributed by atoms with Crippen LogP contribution in [-0.2, 0) is 22.4 Å². The van der Waals surface area contributed by atoms with Crippen molar-refractivity contribution >= 4 is 44.3 Å². The number of thiophene rings is 2. The normalized spacial score (nSPS) is 12.4. The van der Waals surface area contributed by atoms with Crippen LogP contribution in [0.5, 0.6) is 0 Å². The van der Waals surface area contributed by atoms with Gasteiger partial charge in [0.05, 0.1) is 10.8 Å². The molecule has 0 saturated heterocycles. The molecule has 110 valence electrons. The Kier molecular flexibility index (Phi) is 5.25. The summed E-state index contributed by atoms with van der Waals surface area (Å²) in [5.41, 5.74) is 0. The molecular weight excluding hydrogens is 334 g/mol. The van der Waals surface area contributed by atoms with Gasteiger partial charge in [-0.05, 0) is 31.4 Å². The van der Waals surface area contributed by atoms with Gasteiger partial charge in [-0.3, -0.25) is 0 Å². The Balaban J connectivity index is 2.32. The van der Waals surface area contributed by atoms with Crippen molar-refractivity contribution in [3.05, 3.63) is 38.7 Å². The quantitative estimate of drug-likeness (QED) is 0.735. The fourth-order valence-electron chi connectivity index (χ4n) is 1.80. The van der Waals surface area contributed by atoms with Crippen LogP contribution in [-0.4, -0.2) is 18.8 Å². The Morgan fingerprint density at radius 2 is 2.05 bits per heavy atom. The highest BCUT2D eigenvalue weighted by atomic mass is 35.5. The molecule has 0 aliphatic heterocycles. The maximum atomic E-state index is 12.7. The van der Waals surface area contributed by atoms with Gasteiger partial charge in [0, 0.05) is 27.7 Å². The van der Waals surface area contributed by atoms with Gasteiger partial charge in [-0.15, -0.1) is 34.3 Å². The lowest BCUT2D eigenvalue weighted by Gasteiger charge is -2.24. The minimum atomic E-state index is -3.47. The largest absolute Gasteiger partial charge is 0.244 e. The van der Waals surface area contributed by atoms with Gasteiger partial charge in [0.2, 0.25) is 10.0 Å². The summed E-state index contributed by atoms with van der Waals surface area (Å²) < 4.78 is 27.0. The zero-order valence-corrected chi connectivity index (χ0v) is 14.5. The minimum absolute atomic E-state index is 0.0959. The standard InChI is InChI=1S/C13H16ClNO2S3/c1-10(2)15(8-11-4-3-5-18-11)20(16,17)13-6-12(7-14)19-9-13/h3-6,9-10H,7-8H2,1-2H3. The van der Waals surface area contributed by atoms with Crippen molar-refractivity contribution in [2.75, 3.05) is 0 Å². The second-order valence-electron chi connectivity index (χ2n) is 4.61. The summed E-state index contributed by atoms with van der Waals surface area (Å²) in [5, 5.41) is 3.62. The highest BCUT2D eigenvalue weighted by molar-refractivity contribution is 7.89. The lowest BCUT2D eigenvalue weighted by Crippen LogP contribution is -2.35. The smallest absolute Gasteiger partial charge is 0.207 e. The van der Waals surface area contributed by atoms with Crippen LogP contribution in [0.4, 0.5) is 0 Å². The lowest BCUT2D eigenvalue weighted by molar-refractivity contribution is 0.350. The fraction of sp³-hybridized carbons (Fsp3) is 0.385. The zero-order valence-electron chi connectivity index (χ0n) is 11.2. The number of halogens is 1. The molecule has 0 aromatic carbocycles. The Bertz CT molecular complexity index is 647. The van der Waals surface area contributed by atoms with Gasteiger partial charge >= 0.3 is 0 Å². The molecule has 0 bridgehead atoms. The predicted molar refractivity (Wildman–Crippen MR) is 86.1 cm³/mol. The molecule has 0 aliphatic rings. The maximum absolute atomic E-state index is 12.7. The number of nitrogens with zero attached hydrogens (tertiary/aromatic N) is 1. The van der Waals surface area contributed by atoms with Crippen molar-refractivity contribution in [1.29, 1.82) is 0 Å². The van der Waals surface area contributed by atoms with E-state index >= 15 is 0 Å². The Labute approximate surface area is 132 Å². The Morgan fingerprint density at radius 1 is 1.30 bits per heavy atom. The Morgan fingerprint density at radius 3 is 2.55 bits per heavy atom. The molecule has 0 N–H and O–H groups in total. The molecule has 0 aliphatic carbocycles. The third kappa shape index (κ3) is 3.43. The molecule has 2 heterocycles. The summed E-state index contributed by atoms with van der Waals surface area (Å²) in [5.74, 6) is 0.340. The van der Waals surface area contributed by atoms with E-state index in [0.717, 1.165) is 9.75 Å². The first-order chi connectivity index (χ1) is 9.45. The Hall–Kier alpha value is -0.400. The summed E-state index contributed by atoms with van der Waals surface area (Å²) in [7, 11) is -3.47. The van der Waals surface area contributed by atoms with Crippen LogP contribution in [0, 0.1) is 0 Å². The first-order valence-corrected chi connectivity index (χ1v) is 9.86. The molecule has 0 unspecified atom stereocenters. The molecule has 0 amide bonds. The maximum Gasteiger partial charge on any atom is 0.244 e. The predicted octanol–water partition coefficient (Wildman–Crippen LogP) is 4.15. The second-order valence-corrected chi connectivity index (χ2v) is 8.79. The molecular formula is C13H16ClNO2S3. The first-order valence-electron chi connectivity index (χ1n) is 6.12. The van der Waals surface area contributed by atoms with Crippen LogP contribution in [0.1, 0.15) is 23.6 Å². The SMILES string of the molecule is CC(C)N(Cc1cccs1)S(=O)(=O)c1csc(CCl)c1. The van der Waals surface area contributed by atoms with E-state index in [9.17, 15) is 8.42 Å². The van der Waals surface area contributed by atoms with Crippen LogP contribution in [0.2, 0.25) is 0 Å². The van der Waals surface area contributed by atoms with Crippen molar-refractivity contribution < 1.29 is 8.42 Å². The van der Waals surface area contributed by atoms with E-state index in [1.807, 2.05) is 31.4 Å². The molecule has 2 aromatic heterocycles. The summed E-state index contributed by atoms with van der Waals surface area (Å²) >= 11 is 8.69. The number of sulfonamides is 1. The van der Waals surface area contributed by atoms with Gasteiger partial charge in [-0.1, -0.05) is 6.07 Å². The molecule has 0 radical (unpaired) electrons. The third-order valence-electron chi connectivity index (χ3n) is 2.84. The number of rotatable bonds is 6. The highest BCUT2D eigenvalue weighted by Crippen LogP contribution is 2.27. The lowest BCUT2D eigenvalue weighted by atomic mass is 10.4. The van der Waals surface area contributed by atoms with Crippen LogP contribution >= 0.6 is 34.3 Å². The van der Waals surface area contributed by atoms with Crippen molar-refractivity contribution in [2.24, 2.45) is 0 Å². The number of hydrogen-bond acceptors (Lipinski definition) is 4. The summed E-state index contributed by atoms with van der Waals surface area (Å²) in [6.07, 6.45) is 0. The monoisotopic (exact) mass is 349 g/mol. The van der Waals surface area contributed by atoms with Gasteiger partial charge in [0.15, 0.2) is 0 Å². The van der Waals surface area contributed by atoms with E-state index in [0.29, 0.717) is 17.3 Å². The molecule has 0 spiro atoms. The number of hydrogen-bond donors (Lipinski definition) is 0. The average Bonchev–Trinajstić information content (AvgIpc) is 3.06. The van der Waals surface area contributed by atoms with Gasteiger partial charge in [-0.25, -0.2) is 8.42 Å². The van der Waals surface area contributed by atoms with Crippen LogP contribution in [0.25, 0.3) is 0 Å². The minimum Gasteiger partial charge on any atom is -0.207 e. The van der Waals surface area contributed by atoms with Crippen LogP contribution in [0.15, 0.2) is 33.9 Å². The molecule has 0 saturated carbocycles. The molecule has 0 fully saturated rings. The van der Waals surface area contributed by atoms with Gasteiger partial charge in [-0.2, -0.15) is 4.31 Å². The molecule has 20 heavy (non-hydrogen) atoms. The fourth-order valence-corrected chi connectivity index (χ4v) is 5.58. The van der Waals surface area contributed by atoms with Crippen LogP contribution < -0.4 is 0 Å². The zero-order chi connectivity index (χ0) is 14.8. The van der Waals surface area contributed by atoms with Crippen molar-refractivity contribution in [1.82, 2.24) is 4.31 Å². The van der Waals surface area contributed by atoms with Crippen molar-refractivity contribution in [3.63, 3.8) is 0 Å². The molecule has 0 atom stereocenters. The van der Waals surface area contributed by atoms with E-state index in [2.05, 4.69) is 0 Å². The topological polar surface area (TPSA) is 37.4 Å². The van der Waals surface area contributed by atoms with E-state index in [1.54, 1.807) is 22.8 Å². The molecule has 2 aromatic rings. The van der Waals surface area contributed by atoms with Crippen molar-refractivity contribution in [3.8, 4) is 0 Å². The van der Waals surface area contributed by atoms with Crippen LogP contribution in [0.3, 0.4) is 0 Å². The van der Waals surface area contributed by atoms with E-state index in [-0.39, 0.29) is 6.04 Å². The third-order valence-corrected chi connectivity index (χ3v) is 7.23. The molecule has 3 nitrogen and oxygen atoms in total. The average molecular weight is 350 g/mol. The van der Waals surface area contributed by atoms with E-state index in [4.69, 9.17) is 11.6 Å². The first kappa shape index (κ1) is 16.0. The van der Waals surface area contributed by atoms with E-state index in [1.165, 1.54) is 15.6 Å². The summed E-state index contributed by atoms with van der Waals surface area (Å²) in [6.45, 7) is 4.18. The highest BCUT2D eigenvalue weighted by Gasteiger charge is 2.28. The van der Waals surface area contributed by atoms with Gasteiger partial charge in [0.25, 0.3) is 0 Å². The van der Waals surface area contributed by atoms with Gasteiger partial charge < -0.3 is 0 Å². The molecule has 7 heteroatoms. The summed E-state index contributed by atoms with van der Waals surface area (Å²) in [6, 6.07) is 5.45. The van der Waals surface area contributed by atoms with E-state index < -0.39 is 10.0 Å². The second kappa shape index (κ2) is 6.58. The summed E-state index contributed by atoms with van der Waals surface area (Å²) in [4.78, 5) is 2.24. The van der Waals surface area contributed by atoms with Gasteiger partial charge in [0.1, 0.15) is 0 Å².